The van der Waals surface area contributed by atoms with Crippen molar-refractivity contribution in [2.75, 3.05) is 32.7 Å². The molecule has 1 aliphatic heterocycles. The molecule has 1 saturated heterocycles. The van der Waals surface area contributed by atoms with Gasteiger partial charge in [0.05, 0.1) is 26.9 Å². The Morgan fingerprint density at radius 1 is 0.830 bits per heavy atom. The highest BCUT2D eigenvalue weighted by Crippen LogP contribution is 2.41. The van der Waals surface area contributed by atoms with Gasteiger partial charge in [-0.1, -0.05) is 48.5 Å². The van der Waals surface area contributed by atoms with Gasteiger partial charge in [0.1, 0.15) is 0 Å². The van der Waals surface area contributed by atoms with Crippen molar-refractivity contribution in [2.24, 2.45) is 0 Å². The fourth-order valence-corrected chi connectivity index (χ4v) is 7.19. The minimum atomic E-state index is -5.05. The molecule has 2 fully saturated rings. The van der Waals surface area contributed by atoms with Crippen LogP contribution in [0.2, 0.25) is 10.0 Å². The van der Waals surface area contributed by atoms with E-state index >= 15 is 0 Å². The highest BCUT2D eigenvalue weighted by Gasteiger charge is 2.39. The summed E-state index contributed by atoms with van der Waals surface area (Å²) in [7, 11) is 0. The normalized spacial score (nSPS) is 18.6. The van der Waals surface area contributed by atoms with E-state index < -0.39 is 52.4 Å². The molecular weight excluding hydrogens is 665 g/mol. The van der Waals surface area contributed by atoms with E-state index in [2.05, 4.69) is 9.80 Å². The molecule has 2 aromatic rings. The fourth-order valence-electron chi connectivity index (χ4n) is 6.89. The maximum Gasteiger partial charge on any atom is 0.416 e. The van der Waals surface area contributed by atoms with Crippen molar-refractivity contribution in [2.45, 2.75) is 88.0 Å². The second kappa shape index (κ2) is 15.8. The van der Waals surface area contributed by atoms with Crippen molar-refractivity contribution in [3.05, 3.63) is 68.7 Å². The fraction of sp³-hybridized carbons (Fsp3) is 0.559. The van der Waals surface area contributed by atoms with E-state index in [4.69, 9.17) is 34.0 Å². The van der Waals surface area contributed by atoms with Crippen LogP contribution in [0.5, 0.6) is 0 Å². The molecule has 5 nitrogen and oxygen atoms in total. The molecular formula is C34H40Cl2F6N4O. The Balaban J connectivity index is 1.56. The van der Waals surface area contributed by atoms with Gasteiger partial charge in [-0.15, -0.1) is 0 Å². The number of rotatable bonds is 13. The monoisotopic (exact) mass is 704 g/mol. The first-order valence-corrected chi connectivity index (χ1v) is 16.7. The molecule has 13 heteroatoms. The van der Waals surface area contributed by atoms with Gasteiger partial charge in [-0.2, -0.15) is 26.3 Å². The van der Waals surface area contributed by atoms with E-state index in [0.717, 1.165) is 26.2 Å². The predicted molar refractivity (Wildman–Crippen MR) is 173 cm³/mol. The maximum absolute atomic E-state index is 13.4. The second-order valence-corrected chi connectivity index (χ2v) is 13.6. The molecule has 47 heavy (non-hydrogen) atoms. The molecule has 1 aliphatic carbocycles. The number of Topliss-reactive ketones (excluding diaryl/α,β-unsaturated/α-hetero) is 1. The third-order valence-electron chi connectivity index (χ3n) is 9.57. The SMILES string of the molecule is N=CCC[C@](CCN1CCN(C2CCCCC2)CC1)(CC(=N)C(=O)Cc1cc(C(F)(F)F)cc(C(F)(F)F)c1)c1ccc(Cl)c(Cl)c1. The van der Waals surface area contributed by atoms with Crippen LogP contribution in [0.4, 0.5) is 26.3 Å². The number of piperazine rings is 1. The summed E-state index contributed by atoms with van der Waals surface area (Å²) in [4.78, 5) is 18.2. The third kappa shape index (κ3) is 10.0. The lowest BCUT2D eigenvalue weighted by Crippen LogP contribution is -2.51. The molecule has 4 rings (SSSR count). The summed E-state index contributed by atoms with van der Waals surface area (Å²) in [6, 6.07) is 6.73. The molecule has 0 aromatic heterocycles. The molecule has 0 spiro atoms. The van der Waals surface area contributed by atoms with Crippen molar-refractivity contribution >= 4 is 40.9 Å². The average molecular weight is 706 g/mol. The van der Waals surface area contributed by atoms with E-state index in [1.165, 1.54) is 38.3 Å². The van der Waals surface area contributed by atoms with Gasteiger partial charge in [0.2, 0.25) is 0 Å². The topological polar surface area (TPSA) is 71.2 Å². The maximum atomic E-state index is 13.4. The number of hydrogen-bond donors (Lipinski definition) is 2. The molecule has 1 saturated carbocycles. The van der Waals surface area contributed by atoms with Crippen molar-refractivity contribution in [1.82, 2.24) is 9.80 Å². The number of benzene rings is 2. The van der Waals surface area contributed by atoms with Gasteiger partial charge in [-0.05, 0) is 86.3 Å². The molecule has 1 atom stereocenters. The van der Waals surface area contributed by atoms with E-state index in [0.29, 0.717) is 54.6 Å². The average Bonchev–Trinajstić information content (AvgIpc) is 3.03. The lowest BCUT2D eigenvalue weighted by molar-refractivity contribution is -0.143. The van der Waals surface area contributed by atoms with Gasteiger partial charge in [-0.3, -0.25) is 9.69 Å². The number of ketones is 1. The first-order chi connectivity index (χ1) is 22.1. The number of nitrogens with zero attached hydrogens (tertiary/aromatic N) is 2. The van der Waals surface area contributed by atoms with Crippen LogP contribution in [0.3, 0.4) is 0 Å². The van der Waals surface area contributed by atoms with Gasteiger partial charge >= 0.3 is 12.4 Å². The number of carbonyl (C=O) groups excluding carboxylic acids is 1. The zero-order chi connectivity index (χ0) is 34.4. The molecule has 2 N–H and O–H groups in total. The van der Waals surface area contributed by atoms with Crippen LogP contribution in [0.1, 0.15) is 80.0 Å². The summed E-state index contributed by atoms with van der Waals surface area (Å²) in [5.74, 6) is -0.877. The molecule has 1 heterocycles. The number of alkyl halides is 6. The Bertz CT molecular complexity index is 1390. The molecule has 0 unspecified atom stereocenters. The van der Waals surface area contributed by atoms with Crippen LogP contribution in [0.25, 0.3) is 0 Å². The zero-order valence-electron chi connectivity index (χ0n) is 26.1. The first-order valence-electron chi connectivity index (χ1n) is 15.9. The summed E-state index contributed by atoms with van der Waals surface area (Å²) in [6.45, 7) is 4.21. The van der Waals surface area contributed by atoms with E-state index in [-0.39, 0.29) is 17.5 Å². The highest BCUT2D eigenvalue weighted by atomic mass is 35.5. The van der Waals surface area contributed by atoms with Crippen LogP contribution in [0, 0.1) is 10.8 Å². The molecule has 0 amide bonds. The van der Waals surface area contributed by atoms with Crippen LogP contribution < -0.4 is 0 Å². The van der Waals surface area contributed by atoms with E-state index in [1.807, 2.05) is 0 Å². The van der Waals surface area contributed by atoms with Crippen LogP contribution in [-0.4, -0.2) is 66.3 Å². The van der Waals surface area contributed by atoms with E-state index in [9.17, 15) is 31.1 Å². The van der Waals surface area contributed by atoms with Gasteiger partial charge in [-0.25, -0.2) is 0 Å². The molecule has 0 radical (unpaired) electrons. The molecule has 2 aromatic carbocycles. The number of carbonyl (C=O) groups is 1. The van der Waals surface area contributed by atoms with Crippen molar-refractivity contribution in [1.29, 1.82) is 10.8 Å². The minimum Gasteiger partial charge on any atom is -0.313 e. The lowest BCUT2D eigenvalue weighted by Gasteiger charge is -2.42. The van der Waals surface area contributed by atoms with Crippen LogP contribution in [0.15, 0.2) is 36.4 Å². The summed E-state index contributed by atoms with van der Waals surface area (Å²) in [5, 5.41) is 17.1. The van der Waals surface area contributed by atoms with Crippen molar-refractivity contribution < 1.29 is 31.1 Å². The van der Waals surface area contributed by atoms with Crippen molar-refractivity contribution in [3.8, 4) is 0 Å². The number of halogens is 8. The summed E-state index contributed by atoms with van der Waals surface area (Å²) >= 11 is 12.6. The van der Waals surface area contributed by atoms with E-state index in [1.54, 1.807) is 18.2 Å². The molecule has 2 aliphatic rings. The summed E-state index contributed by atoms with van der Waals surface area (Å²) in [5.41, 5.74) is -4.09. The smallest absolute Gasteiger partial charge is 0.313 e. The Morgan fingerprint density at radius 2 is 1.45 bits per heavy atom. The van der Waals surface area contributed by atoms with Crippen molar-refractivity contribution in [3.63, 3.8) is 0 Å². The second-order valence-electron chi connectivity index (χ2n) is 12.7. The van der Waals surface area contributed by atoms with Gasteiger partial charge < -0.3 is 15.7 Å². The van der Waals surface area contributed by atoms with Crippen LogP contribution >= 0.6 is 23.2 Å². The Labute approximate surface area is 281 Å². The Morgan fingerprint density at radius 3 is 2.00 bits per heavy atom. The van der Waals surface area contributed by atoms with Gasteiger partial charge in [0.15, 0.2) is 5.78 Å². The predicted octanol–water partition coefficient (Wildman–Crippen LogP) is 9.26. The molecule has 258 valence electrons. The highest BCUT2D eigenvalue weighted by molar-refractivity contribution is 6.42. The summed E-state index contributed by atoms with van der Waals surface area (Å²) < 4.78 is 80.6. The largest absolute Gasteiger partial charge is 0.416 e. The third-order valence-corrected chi connectivity index (χ3v) is 10.3. The minimum absolute atomic E-state index is 0.0148. The van der Waals surface area contributed by atoms with Gasteiger partial charge in [0, 0.05) is 50.5 Å². The molecule has 0 bridgehead atoms. The quantitative estimate of drug-likeness (QED) is 0.161. The number of hydrogen-bond acceptors (Lipinski definition) is 5. The number of nitrogens with one attached hydrogen (secondary N) is 2. The summed E-state index contributed by atoms with van der Waals surface area (Å²) in [6.07, 6.45) is -2.38. The zero-order valence-corrected chi connectivity index (χ0v) is 27.6. The Hall–Kier alpha value is -2.47. The first kappa shape index (κ1) is 37.4. The van der Waals surface area contributed by atoms with Gasteiger partial charge in [0.25, 0.3) is 0 Å². The lowest BCUT2D eigenvalue weighted by atomic mass is 9.69. The van der Waals surface area contributed by atoms with Crippen LogP contribution in [-0.2, 0) is 29.0 Å². The Kier molecular flexibility index (Phi) is 12.6. The standard InChI is InChI=1S/C34H40Cl2F6N4O/c35-28-8-7-24(21-29(28)36)32(9-4-11-43,10-12-45-13-15-46(16-14-45)27-5-2-1-3-6-27)22-30(44)31(47)19-23-17-25(33(37,38)39)20-26(18-23)34(40,41)42/h7-8,11,17-18,20-21,27,43-44H,1-6,9-10,12-16,19,22H2/t32-/m0/s1.